The van der Waals surface area contributed by atoms with E-state index in [4.69, 9.17) is 11.6 Å². The maximum Gasteiger partial charge on any atom is 0.252 e. The lowest BCUT2D eigenvalue weighted by Crippen LogP contribution is -2.30. The van der Waals surface area contributed by atoms with E-state index in [0.717, 1.165) is 21.5 Å². The lowest BCUT2D eigenvalue weighted by Gasteiger charge is -2.14. The zero-order valence-corrected chi connectivity index (χ0v) is 15.8. The Balaban J connectivity index is 1.91. The highest BCUT2D eigenvalue weighted by Crippen LogP contribution is 2.18. The van der Waals surface area contributed by atoms with Gasteiger partial charge in [0, 0.05) is 27.4 Å². The third-order valence-corrected chi connectivity index (χ3v) is 4.50. The van der Waals surface area contributed by atoms with Crippen LogP contribution < -0.4 is 5.32 Å². The Morgan fingerprint density at radius 3 is 2.73 bits per heavy atom. The molecule has 0 aliphatic rings. The number of nitrogens with one attached hydrogen (secondary N) is 1. The van der Waals surface area contributed by atoms with E-state index < -0.39 is 0 Å². The summed E-state index contributed by atoms with van der Waals surface area (Å²) in [6, 6.07) is 7.33. The van der Waals surface area contributed by atoms with Gasteiger partial charge in [0.15, 0.2) is 0 Å². The fraction of sp³-hybridized carbons (Fsp3) is 0.375. The number of carbonyl (C=O) groups is 1. The monoisotopic (exact) mass is 431 g/mol. The van der Waals surface area contributed by atoms with Crippen LogP contribution in [0.15, 0.2) is 24.3 Å². The summed E-state index contributed by atoms with van der Waals surface area (Å²) >= 11 is 8.03. The number of benzene rings is 1. The average Bonchev–Trinajstić information content (AvgIpc) is 2.74. The van der Waals surface area contributed by atoms with Gasteiger partial charge in [-0.2, -0.15) is 5.10 Å². The minimum absolute atomic E-state index is 0.0683. The summed E-state index contributed by atoms with van der Waals surface area (Å²) in [5, 5.41) is 8.06. The van der Waals surface area contributed by atoms with Crippen molar-refractivity contribution in [3.8, 4) is 0 Å². The molecule has 6 heteroatoms. The van der Waals surface area contributed by atoms with E-state index in [2.05, 4.69) is 46.0 Å². The van der Waals surface area contributed by atoms with Crippen LogP contribution in [0, 0.1) is 23.3 Å². The number of nitrogens with zero attached hydrogens (tertiary/aromatic N) is 2. The number of rotatable bonds is 5. The molecule has 1 amide bonds. The number of amides is 1. The van der Waals surface area contributed by atoms with Crippen LogP contribution in [0.4, 0.5) is 0 Å². The van der Waals surface area contributed by atoms with E-state index in [1.807, 2.05) is 18.5 Å². The molecule has 1 unspecified atom stereocenters. The highest BCUT2D eigenvalue weighted by Gasteiger charge is 2.12. The molecule has 1 aromatic carbocycles. The Morgan fingerprint density at radius 1 is 1.41 bits per heavy atom. The average molecular weight is 432 g/mol. The summed E-state index contributed by atoms with van der Waals surface area (Å²) in [5.41, 5.74) is 2.82. The highest BCUT2D eigenvalue weighted by molar-refractivity contribution is 14.1. The summed E-state index contributed by atoms with van der Waals surface area (Å²) in [6.07, 6.45) is 0. The van der Waals surface area contributed by atoms with Crippen molar-refractivity contribution in [2.75, 3.05) is 6.54 Å². The molecule has 0 aliphatic carbocycles. The van der Waals surface area contributed by atoms with E-state index in [1.165, 1.54) is 0 Å². The molecule has 118 valence electrons. The van der Waals surface area contributed by atoms with Gasteiger partial charge in [-0.25, -0.2) is 0 Å². The Labute approximate surface area is 149 Å². The van der Waals surface area contributed by atoms with Gasteiger partial charge in [0.1, 0.15) is 0 Å². The number of hydrogen-bond acceptors (Lipinski definition) is 2. The SMILES string of the molecule is Cc1cc(C)n(CC(C)CNC(=O)c2ccc(Cl)cc2I)n1. The van der Waals surface area contributed by atoms with Crippen LogP contribution in [0.1, 0.15) is 28.7 Å². The number of halogens is 2. The summed E-state index contributed by atoms with van der Waals surface area (Å²) in [4.78, 5) is 12.2. The molecule has 0 aliphatic heterocycles. The zero-order valence-electron chi connectivity index (χ0n) is 12.9. The third kappa shape index (κ3) is 4.46. The molecule has 1 aromatic heterocycles. The summed E-state index contributed by atoms with van der Waals surface area (Å²) < 4.78 is 2.84. The quantitative estimate of drug-likeness (QED) is 0.732. The first-order chi connectivity index (χ1) is 10.4. The Hall–Kier alpha value is -1.08. The number of hydrogen-bond donors (Lipinski definition) is 1. The molecular formula is C16H19ClIN3O. The van der Waals surface area contributed by atoms with Gasteiger partial charge in [-0.05, 0) is 66.6 Å². The molecule has 0 bridgehead atoms. The molecule has 1 heterocycles. The van der Waals surface area contributed by atoms with Gasteiger partial charge in [0.05, 0.1) is 11.3 Å². The molecule has 22 heavy (non-hydrogen) atoms. The number of aryl methyl sites for hydroxylation is 2. The van der Waals surface area contributed by atoms with E-state index in [0.29, 0.717) is 23.0 Å². The van der Waals surface area contributed by atoms with Gasteiger partial charge in [-0.15, -0.1) is 0 Å². The van der Waals surface area contributed by atoms with Gasteiger partial charge in [-0.1, -0.05) is 18.5 Å². The molecule has 2 aromatic rings. The van der Waals surface area contributed by atoms with Crippen molar-refractivity contribution >= 4 is 40.1 Å². The lowest BCUT2D eigenvalue weighted by molar-refractivity contribution is 0.0945. The third-order valence-electron chi connectivity index (χ3n) is 3.37. The van der Waals surface area contributed by atoms with Crippen LogP contribution in [0.5, 0.6) is 0 Å². The predicted molar refractivity (Wildman–Crippen MR) is 97.4 cm³/mol. The number of aromatic nitrogens is 2. The molecule has 0 radical (unpaired) electrons. The minimum Gasteiger partial charge on any atom is -0.352 e. The molecule has 0 spiro atoms. The molecule has 0 fully saturated rings. The van der Waals surface area contributed by atoms with Gasteiger partial charge in [0.25, 0.3) is 5.91 Å². The van der Waals surface area contributed by atoms with Crippen molar-refractivity contribution in [3.63, 3.8) is 0 Å². The second-order valence-corrected chi connectivity index (χ2v) is 7.15. The second-order valence-electron chi connectivity index (χ2n) is 5.55. The van der Waals surface area contributed by atoms with Crippen LogP contribution in [0.3, 0.4) is 0 Å². The number of carbonyl (C=O) groups excluding carboxylic acids is 1. The molecular weight excluding hydrogens is 413 g/mol. The topological polar surface area (TPSA) is 46.9 Å². The van der Waals surface area contributed by atoms with Crippen molar-refractivity contribution in [2.24, 2.45) is 5.92 Å². The van der Waals surface area contributed by atoms with Gasteiger partial charge < -0.3 is 5.32 Å². The molecule has 0 saturated carbocycles. The summed E-state index contributed by atoms with van der Waals surface area (Å²) in [6.45, 7) is 7.52. The van der Waals surface area contributed by atoms with Crippen molar-refractivity contribution in [3.05, 3.63) is 49.8 Å². The normalized spacial score (nSPS) is 12.2. The minimum atomic E-state index is -0.0683. The standard InChI is InChI=1S/C16H19ClIN3O/c1-10(9-21-12(3)6-11(2)20-21)8-19-16(22)14-5-4-13(17)7-15(14)18/h4-7,10H,8-9H2,1-3H3,(H,19,22). The zero-order chi connectivity index (χ0) is 16.3. The molecule has 1 N–H and O–H groups in total. The van der Waals surface area contributed by atoms with Crippen molar-refractivity contribution in [1.29, 1.82) is 0 Å². The molecule has 2 rings (SSSR count). The Morgan fingerprint density at radius 2 is 2.14 bits per heavy atom. The fourth-order valence-electron chi connectivity index (χ4n) is 2.26. The van der Waals surface area contributed by atoms with Crippen LogP contribution in [-0.2, 0) is 6.54 Å². The largest absolute Gasteiger partial charge is 0.352 e. The van der Waals surface area contributed by atoms with E-state index in [-0.39, 0.29) is 5.91 Å². The molecule has 1 atom stereocenters. The van der Waals surface area contributed by atoms with Crippen LogP contribution in [0.2, 0.25) is 5.02 Å². The summed E-state index contributed by atoms with van der Waals surface area (Å²) in [5.74, 6) is 0.230. The van der Waals surface area contributed by atoms with E-state index in [9.17, 15) is 4.79 Å². The smallest absolute Gasteiger partial charge is 0.252 e. The fourth-order valence-corrected chi connectivity index (χ4v) is 3.37. The molecule has 0 saturated heterocycles. The van der Waals surface area contributed by atoms with Gasteiger partial charge in [-0.3, -0.25) is 9.48 Å². The lowest BCUT2D eigenvalue weighted by atomic mass is 10.1. The van der Waals surface area contributed by atoms with E-state index in [1.54, 1.807) is 18.2 Å². The van der Waals surface area contributed by atoms with Crippen molar-refractivity contribution in [2.45, 2.75) is 27.3 Å². The second kappa shape index (κ2) is 7.46. The van der Waals surface area contributed by atoms with Crippen LogP contribution >= 0.6 is 34.2 Å². The Bertz CT molecular complexity index is 684. The molecule has 4 nitrogen and oxygen atoms in total. The first kappa shape index (κ1) is 17.3. The first-order valence-corrected chi connectivity index (χ1v) is 8.57. The van der Waals surface area contributed by atoms with Gasteiger partial charge in [0.2, 0.25) is 0 Å². The van der Waals surface area contributed by atoms with Crippen LogP contribution in [0.25, 0.3) is 0 Å². The Kier molecular flexibility index (Phi) is 5.86. The predicted octanol–water partition coefficient (Wildman–Crippen LogP) is 3.82. The summed E-state index contributed by atoms with van der Waals surface area (Å²) in [7, 11) is 0. The van der Waals surface area contributed by atoms with Crippen molar-refractivity contribution in [1.82, 2.24) is 15.1 Å². The maximum absolute atomic E-state index is 12.2. The maximum atomic E-state index is 12.2. The van der Waals surface area contributed by atoms with Gasteiger partial charge >= 0.3 is 0 Å². The van der Waals surface area contributed by atoms with Crippen molar-refractivity contribution < 1.29 is 4.79 Å². The van der Waals surface area contributed by atoms with Crippen LogP contribution in [-0.4, -0.2) is 22.2 Å². The van der Waals surface area contributed by atoms with E-state index >= 15 is 0 Å². The highest BCUT2D eigenvalue weighted by atomic mass is 127. The first-order valence-electron chi connectivity index (χ1n) is 7.11.